The number of hydrogen-bond donors (Lipinski definition) is 1. The number of hydrogen-bond acceptors (Lipinski definition) is 4. The number of fused-ring (bicyclic) bond motifs is 1. The average molecular weight is 341 g/mol. The van der Waals surface area contributed by atoms with Gasteiger partial charge in [-0.05, 0) is 56.7 Å². The van der Waals surface area contributed by atoms with Gasteiger partial charge >= 0.3 is 0 Å². The minimum atomic E-state index is -0.153. The van der Waals surface area contributed by atoms with Gasteiger partial charge in [0.25, 0.3) is 0 Å². The number of aliphatic hydroxyl groups excluding tert-OH is 1. The summed E-state index contributed by atoms with van der Waals surface area (Å²) < 4.78 is 12.4. The van der Waals surface area contributed by atoms with Crippen molar-refractivity contribution in [1.82, 2.24) is 4.90 Å². The molecule has 1 aliphatic heterocycles. The van der Waals surface area contributed by atoms with Crippen molar-refractivity contribution in [2.45, 2.75) is 51.3 Å². The predicted octanol–water partition coefficient (Wildman–Crippen LogP) is 3.90. The Balaban J connectivity index is 1.59. The number of furan rings is 1. The topological polar surface area (TPSA) is 45.8 Å². The molecule has 2 aromatic rings. The van der Waals surface area contributed by atoms with Gasteiger partial charge in [0.2, 0.25) is 0 Å². The van der Waals surface area contributed by atoms with Crippen molar-refractivity contribution in [3.05, 3.63) is 53.5 Å². The lowest BCUT2D eigenvalue weighted by Crippen LogP contribution is -2.48. The first-order valence-electron chi connectivity index (χ1n) is 9.31. The van der Waals surface area contributed by atoms with E-state index < -0.39 is 0 Å². The summed E-state index contributed by atoms with van der Waals surface area (Å²) in [5.41, 5.74) is 1.09. The third-order valence-corrected chi connectivity index (χ3v) is 5.65. The van der Waals surface area contributed by atoms with Gasteiger partial charge in [-0.3, -0.25) is 4.90 Å². The Hall–Kier alpha value is -1.78. The van der Waals surface area contributed by atoms with Gasteiger partial charge in [-0.1, -0.05) is 18.2 Å². The number of aryl methyl sites for hydroxylation is 1. The zero-order valence-corrected chi connectivity index (χ0v) is 14.9. The second-order valence-corrected chi connectivity index (χ2v) is 7.68. The molecule has 0 amide bonds. The molecule has 1 fully saturated rings. The van der Waals surface area contributed by atoms with E-state index in [9.17, 15) is 5.11 Å². The lowest BCUT2D eigenvalue weighted by atomic mass is 9.78. The van der Waals surface area contributed by atoms with Crippen LogP contribution in [0.3, 0.4) is 0 Å². The molecule has 1 saturated carbocycles. The van der Waals surface area contributed by atoms with Crippen LogP contribution in [0, 0.1) is 12.8 Å². The molecular weight excluding hydrogens is 314 g/mol. The van der Waals surface area contributed by atoms with E-state index in [0.29, 0.717) is 12.5 Å². The second kappa shape index (κ2) is 6.85. The first-order valence-corrected chi connectivity index (χ1v) is 9.31. The van der Waals surface area contributed by atoms with Gasteiger partial charge in [0.05, 0.1) is 6.54 Å². The zero-order valence-electron chi connectivity index (χ0n) is 14.9. The molecule has 1 aliphatic carbocycles. The molecule has 1 aromatic carbocycles. The molecule has 0 bridgehead atoms. The molecule has 0 atom stereocenters. The highest BCUT2D eigenvalue weighted by molar-refractivity contribution is 5.35. The first-order chi connectivity index (χ1) is 12.2. The Kier molecular flexibility index (Phi) is 4.57. The summed E-state index contributed by atoms with van der Waals surface area (Å²) in [6.07, 6.45) is 4.07. The van der Waals surface area contributed by atoms with Gasteiger partial charge in [0, 0.05) is 25.3 Å². The maximum absolute atomic E-state index is 9.48. The molecule has 1 spiro atoms. The molecule has 25 heavy (non-hydrogen) atoms. The lowest BCUT2D eigenvalue weighted by molar-refractivity contribution is -0.0165. The molecule has 0 saturated heterocycles. The van der Waals surface area contributed by atoms with Crippen molar-refractivity contribution in [3.8, 4) is 5.75 Å². The highest BCUT2D eigenvalue weighted by Gasteiger charge is 2.41. The van der Waals surface area contributed by atoms with Crippen molar-refractivity contribution in [2.24, 2.45) is 5.92 Å². The van der Waals surface area contributed by atoms with Gasteiger partial charge in [-0.25, -0.2) is 0 Å². The molecule has 1 N–H and O–H groups in total. The number of nitrogens with zero attached hydrogens (tertiary/aromatic N) is 1. The molecule has 2 aliphatic rings. The molecule has 0 unspecified atom stereocenters. The van der Waals surface area contributed by atoms with E-state index in [1.807, 2.05) is 13.0 Å². The molecular formula is C21H27NO3. The Morgan fingerprint density at radius 3 is 2.68 bits per heavy atom. The standard InChI is InChI=1S/C21H27NO3/c1-16-6-7-19(24-16)13-22-12-18-4-2-3-5-20(18)25-21(15-22)10-8-17(14-23)9-11-21/h2-7,17,23H,8-15H2,1H3. The van der Waals surface area contributed by atoms with Gasteiger partial charge in [0.15, 0.2) is 0 Å². The van der Waals surface area contributed by atoms with Crippen LogP contribution in [0.15, 0.2) is 40.8 Å². The van der Waals surface area contributed by atoms with Crippen LogP contribution in [0.2, 0.25) is 0 Å². The minimum Gasteiger partial charge on any atom is -0.486 e. The summed E-state index contributed by atoms with van der Waals surface area (Å²) in [5, 5.41) is 9.48. The maximum atomic E-state index is 9.48. The van der Waals surface area contributed by atoms with Crippen LogP contribution in [0.5, 0.6) is 5.75 Å². The van der Waals surface area contributed by atoms with Crippen molar-refractivity contribution < 1.29 is 14.3 Å². The highest BCUT2D eigenvalue weighted by atomic mass is 16.5. The zero-order chi connectivity index (χ0) is 17.3. The molecule has 2 heterocycles. The van der Waals surface area contributed by atoms with Crippen molar-refractivity contribution in [3.63, 3.8) is 0 Å². The predicted molar refractivity (Wildman–Crippen MR) is 96.4 cm³/mol. The third-order valence-electron chi connectivity index (χ3n) is 5.65. The minimum absolute atomic E-state index is 0.153. The quantitative estimate of drug-likeness (QED) is 0.919. The normalized spacial score (nSPS) is 26.9. The van der Waals surface area contributed by atoms with Crippen molar-refractivity contribution in [2.75, 3.05) is 13.2 Å². The van der Waals surface area contributed by atoms with Crippen LogP contribution in [-0.2, 0) is 13.1 Å². The SMILES string of the molecule is Cc1ccc(CN2Cc3ccccc3OC3(CCC(CO)CC3)C2)o1. The van der Waals surface area contributed by atoms with Crippen molar-refractivity contribution >= 4 is 0 Å². The number of rotatable bonds is 3. The number of ether oxygens (including phenoxy) is 1. The Morgan fingerprint density at radius 2 is 1.96 bits per heavy atom. The first kappa shape index (κ1) is 16.7. The maximum Gasteiger partial charge on any atom is 0.124 e. The van der Waals surface area contributed by atoms with Crippen LogP contribution in [0.1, 0.15) is 42.8 Å². The summed E-state index contributed by atoms with van der Waals surface area (Å²) in [6.45, 7) is 4.86. The number of aliphatic hydroxyl groups is 1. The number of para-hydroxylation sites is 1. The fraction of sp³-hybridized carbons (Fsp3) is 0.524. The Bertz CT molecular complexity index is 715. The van der Waals surface area contributed by atoms with E-state index >= 15 is 0 Å². The van der Waals surface area contributed by atoms with Crippen LogP contribution in [0.4, 0.5) is 0 Å². The van der Waals surface area contributed by atoms with Crippen LogP contribution in [0.25, 0.3) is 0 Å². The third kappa shape index (κ3) is 3.60. The monoisotopic (exact) mass is 341 g/mol. The van der Waals surface area contributed by atoms with Crippen LogP contribution < -0.4 is 4.74 Å². The largest absolute Gasteiger partial charge is 0.486 e. The van der Waals surface area contributed by atoms with Gasteiger partial charge < -0.3 is 14.3 Å². The summed E-state index contributed by atoms with van der Waals surface area (Å²) in [4.78, 5) is 2.45. The van der Waals surface area contributed by atoms with E-state index in [0.717, 1.165) is 62.6 Å². The Morgan fingerprint density at radius 1 is 1.16 bits per heavy atom. The van der Waals surface area contributed by atoms with Gasteiger partial charge in [-0.15, -0.1) is 0 Å². The smallest absolute Gasteiger partial charge is 0.124 e. The summed E-state index contributed by atoms with van der Waals surface area (Å²) in [6, 6.07) is 12.5. The molecule has 4 nitrogen and oxygen atoms in total. The van der Waals surface area contributed by atoms with Crippen LogP contribution >= 0.6 is 0 Å². The Labute approximate surface area is 149 Å². The van der Waals surface area contributed by atoms with E-state index in [1.54, 1.807) is 0 Å². The van der Waals surface area contributed by atoms with Crippen molar-refractivity contribution in [1.29, 1.82) is 0 Å². The van der Waals surface area contributed by atoms with E-state index in [1.165, 1.54) is 5.56 Å². The average Bonchev–Trinajstić information content (AvgIpc) is 2.95. The molecule has 4 heteroatoms. The lowest BCUT2D eigenvalue weighted by Gasteiger charge is -2.41. The fourth-order valence-electron chi connectivity index (χ4n) is 4.25. The summed E-state index contributed by atoms with van der Waals surface area (Å²) >= 11 is 0. The molecule has 1 aromatic heterocycles. The fourth-order valence-corrected chi connectivity index (χ4v) is 4.25. The molecule has 134 valence electrons. The number of benzene rings is 1. The highest BCUT2D eigenvalue weighted by Crippen LogP contribution is 2.40. The van der Waals surface area contributed by atoms with Crippen LogP contribution in [-0.4, -0.2) is 28.8 Å². The molecule has 4 rings (SSSR count). The van der Waals surface area contributed by atoms with E-state index in [-0.39, 0.29) is 5.60 Å². The second-order valence-electron chi connectivity index (χ2n) is 7.68. The van der Waals surface area contributed by atoms with E-state index in [4.69, 9.17) is 9.15 Å². The molecule has 0 radical (unpaired) electrons. The van der Waals surface area contributed by atoms with Gasteiger partial charge in [0.1, 0.15) is 22.9 Å². The summed E-state index contributed by atoms with van der Waals surface area (Å²) in [5.74, 6) is 3.41. The van der Waals surface area contributed by atoms with Gasteiger partial charge in [-0.2, -0.15) is 0 Å². The van der Waals surface area contributed by atoms with E-state index in [2.05, 4.69) is 35.2 Å². The summed E-state index contributed by atoms with van der Waals surface area (Å²) in [7, 11) is 0.